The molecule has 0 unspecified atom stereocenters. The number of nitrogens with zero attached hydrogens (tertiary/aromatic N) is 1. The van der Waals surface area contributed by atoms with Crippen LogP contribution in [0.5, 0.6) is 0 Å². The molecule has 1 fully saturated rings. The summed E-state index contributed by atoms with van der Waals surface area (Å²) in [5.74, 6) is 0.598. The molecule has 2 nitrogen and oxygen atoms in total. The van der Waals surface area contributed by atoms with Crippen LogP contribution in [0.3, 0.4) is 0 Å². The first-order valence-corrected chi connectivity index (χ1v) is 3.45. The van der Waals surface area contributed by atoms with Crippen molar-refractivity contribution in [2.75, 3.05) is 19.8 Å². The number of rotatable bonds is 2. The second kappa shape index (κ2) is 3.72. The van der Waals surface area contributed by atoms with Crippen LogP contribution >= 0.6 is 12.2 Å². The second-order valence-corrected chi connectivity index (χ2v) is 2.34. The van der Waals surface area contributed by atoms with Gasteiger partial charge in [-0.15, -0.1) is 0 Å². The second-order valence-electron chi connectivity index (χ2n) is 2.16. The minimum absolute atomic E-state index is 0.598. The van der Waals surface area contributed by atoms with Gasteiger partial charge in [-0.05, 0) is 18.6 Å². The van der Waals surface area contributed by atoms with Crippen molar-refractivity contribution in [2.24, 2.45) is 10.9 Å². The molecular weight excluding hydrogens is 134 g/mol. The van der Waals surface area contributed by atoms with Gasteiger partial charge in [0.1, 0.15) is 0 Å². The molecular formula is C6H9NOS. The molecule has 50 valence electrons. The lowest BCUT2D eigenvalue weighted by Gasteiger charge is -1.97. The Morgan fingerprint density at radius 1 is 1.78 bits per heavy atom. The molecule has 0 spiro atoms. The van der Waals surface area contributed by atoms with E-state index in [1.165, 1.54) is 0 Å². The predicted octanol–water partition coefficient (Wildman–Crippen LogP) is 1.13. The zero-order valence-corrected chi connectivity index (χ0v) is 5.99. The van der Waals surface area contributed by atoms with Crippen LogP contribution in [0, 0.1) is 5.92 Å². The average molecular weight is 143 g/mol. The first-order valence-electron chi connectivity index (χ1n) is 3.05. The summed E-state index contributed by atoms with van der Waals surface area (Å²) in [5.41, 5.74) is 0. The van der Waals surface area contributed by atoms with E-state index in [2.05, 4.69) is 22.4 Å². The van der Waals surface area contributed by atoms with Crippen LogP contribution in [0.2, 0.25) is 0 Å². The van der Waals surface area contributed by atoms with Crippen LogP contribution in [0.1, 0.15) is 6.42 Å². The highest BCUT2D eigenvalue weighted by Crippen LogP contribution is 2.11. The molecule has 0 aromatic heterocycles. The number of isothiocyanates is 1. The number of thiocarbonyl (C=S) groups is 1. The molecule has 1 atom stereocenters. The Hall–Kier alpha value is -0.240. The van der Waals surface area contributed by atoms with E-state index >= 15 is 0 Å². The van der Waals surface area contributed by atoms with Crippen LogP contribution in [0.15, 0.2) is 4.99 Å². The molecule has 1 heterocycles. The van der Waals surface area contributed by atoms with E-state index in [1.807, 2.05) is 0 Å². The standard InChI is InChI=1S/C6H9NOS/c9-5-7-3-6-1-2-8-4-6/h6H,1-4H2/t6-/m0/s1. The fourth-order valence-corrected chi connectivity index (χ4v) is 0.968. The van der Waals surface area contributed by atoms with Gasteiger partial charge in [0.05, 0.1) is 18.3 Å². The van der Waals surface area contributed by atoms with Gasteiger partial charge in [0.25, 0.3) is 0 Å². The highest BCUT2D eigenvalue weighted by molar-refractivity contribution is 7.78. The minimum atomic E-state index is 0.598. The minimum Gasteiger partial charge on any atom is -0.381 e. The smallest absolute Gasteiger partial charge is 0.0585 e. The van der Waals surface area contributed by atoms with Crippen molar-refractivity contribution < 1.29 is 4.74 Å². The lowest BCUT2D eigenvalue weighted by molar-refractivity contribution is 0.187. The quantitative estimate of drug-likeness (QED) is 0.427. The molecule has 0 aromatic rings. The number of ether oxygens (including phenoxy) is 1. The van der Waals surface area contributed by atoms with Crippen LogP contribution in [0.4, 0.5) is 0 Å². The third-order valence-corrected chi connectivity index (χ3v) is 1.57. The first-order chi connectivity index (χ1) is 4.43. The maximum absolute atomic E-state index is 5.13. The van der Waals surface area contributed by atoms with Crippen LogP contribution < -0.4 is 0 Å². The van der Waals surface area contributed by atoms with E-state index < -0.39 is 0 Å². The lowest BCUT2D eigenvalue weighted by atomic mass is 10.1. The van der Waals surface area contributed by atoms with Gasteiger partial charge in [-0.2, -0.15) is 0 Å². The predicted molar refractivity (Wildman–Crippen MR) is 38.8 cm³/mol. The monoisotopic (exact) mass is 143 g/mol. The Morgan fingerprint density at radius 2 is 2.67 bits per heavy atom. The SMILES string of the molecule is S=C=NC[C@@H]1CCOC1. The molecule has 9 heavy (non-hydrogen) atoms. The van der Waals surface area contributed by atoms with Gasteiger partial charge in [-0.3, -0.25) is 0 Å². The summed E-state index contributed by atoms with van der Waals surface area (Å²) in [6, 6.07) is 0. The summed E-state index contributed by atoms with van der Waals surface area (Å²) in [6.07, 6.45) is 1.13. The van der Waals surface area contributed by atoms with Crippen molar-refractivity contribution in [1.82, 2.24) is 0 Å². The van der Waals surface area contributed by atoms with Gasteiger partial charge in [-0.25, -0.2) is 4.99 Å². The fraction of sp³-hybridized carbons (Fsp3) is 0.833. The zero-order valence-electron chi connectivity index (χ0n) is 5.17. The van der Waals surface area contributed by atoms with Crippen molar-refractivity contribution in [3.8, 4) is 0 Å². The van der Waals surface area contributed by atoms with Crippen molar-refractivity contribution in [3.63, 3.8) is 0 Å². The summed E-state index contributed by atoms with van der Waals surface area (Å²) < 4.78 is 5.13. The maximum atomic E-state index is 5.13. The van der Waals surface area contributed by atoms with Gasteiger partial charge < -0.3 is 4.74 Å². The van der Waals surface area contributed by atoms with Crippen molar-refractivity contribution in [2.45, 2.75) is 6.42 Å². The molecule has 1 rings (SSSR count). The Labute approximate surface area is 59.9 Å². The molecule has 0 saturated carbocycles. The molecule has 1 aliphatic heterocycles. The number of hydrogen-bond acceptors (Lipinski definition) is 3. The molecule has 0 aromatic carbocycles. The highest BCUT2D eigenvalue weighted by atomic mass is 32.1. The Balaban J connectivity index is 2.18. The van der Waals surface area contributed by atoms with E-state index in [-0.39, 0.29) is 0 Å². The van der Waals surface area contributed by atoms with E-state index in [9.17, 15) is 0 Å². The van der Waals surface area contributed by atoms with Gasteiger partial charge in [-0.1, -0.05) is 0 Å². The van der Waals surface area contributed by atoms with Gasteiger partial charge in [0.2, 0.25) is 0 Å². The van der Waals surface area contributed by atoms with Crippen LogP contribution in [0.25, 0.3) is 0 Å². The molecule has 1 saturated heterocycles. The van der Waals surface area contributed by atoms with Gasteiger partial charge >= 0.3 is 0 Å². The van der Waals surface area contributed by atoms with Crippen LogP contribution in [-0.2, 0) is 4.74 Å². The largest absolute Gasteiger partial charge is 0.381 e. The Morgan fingerprint density at radius 3 is 3.22 bits per heavy atom. The molecule has 0 aliphatic carbocycles. The molecule has 0 radical (unpaired) electrons. The fourth-order valence-electron chi connectivity index (χ4n) is 0.894. The van der Waals surface area contributed by atoms with Crippen molar-refractivity contribution in [1.29, 1.82) is 0 Å². The van der Waals surface area contributed by atoms with Crippen molar-refractivity contribution in [3.05, 3.63) is 0 Å². The lowest BCUT2D eigenvalue weighted by Crippen LogP contribution is -2.02. The summed E-state index contributed by atoms with van der Waals surface area (Å²) in [5, 5.41) is 2.35. The number of hydrogen-bond donors (Lipinski definition) is 0. The molecule has 0 bridgehead atoms. The topological polar surface area (TPSA) is 21.6 Å². The molecule has 3 heteroatoms. The third kappa shape index (κ3) is 2.22. The average Bonchev–Trinajstić information content (AvgIpc) is 2.34. The van der Waals surface area contributed by atoms with Gasteiger partial charge in [0, 0.05) is 12.5 Å². The Bertz CT molecular complexity index is 125. The summed E-state index contributed by atoms with van der Waals surface area (Å²) in [6.45, 7) is 2.53. The summed E-state index contributed by atoms with van der Waals surface area (Å²) in [7, 11) is 0. The maximum Gasteiger partial charge on any atom is 0.0585 e. The van der Waals surface area contributed by atoms with E-state index in [1.54, 1.807) is 0 Å². The molecule has 0 amide bonds. The van der Waals surface area contributed by atoms with E-state index in [0.29, 0.717) is 5.92 Å². The zero-order chi connectivity index (χ0) is 6.53. The normalized spacial score (nSPS) is 25.6. The van der Waals surface area contributed by atoms with E-state index in [4.69, 9.17) is 4.74 Å². The van der Waals surface area contributed by atoms with E-state index in [0.717, 1.165) is 26.2 Å². The highest BCUT2D eigenvalue weighted by Gasteiger charge is 2.13. The number of aliphatic imine (C=N–C) groups is 1. The first kappa shape index (κ1) is 6.87. The summed E-state index contributed by atoms with van der Waals surface area (Å²) in [4.78, 5) is 3.84. The van der Waals surface area contributed by atoms with Crippen LogP contribution in [-0.4, -0.2) is 24.9 Å². The summed E-state index contributed by atoms with van der Waals surface area (Å²) >= 11 is 4.43. The van der Waals surface area contributed by atoms with Gasteiger partial charge in [0.15, 0.2) is 0 Å². The molecule has 1 aliphatic rings. The Kier molecular flexibility index (Phi) is 2.84. The third-order valence-electron chi connectivity index (χ3n) is 1.44. The molecule has 0 N–H and O–H groups in total. The van der Waals surface area contributed by atoms with Crippen molar-refractivity contribution >= 4 is 17.4 Å².